The number of nitrogens with one attached hydrogen (secondary N) is 2. The zero-order valence-corrected chi connectivity index (χ0v) is 24.0. The van der Waals surface area contributed by atoms with Crippen LogP contribution < -0.4 is 15.4 Å². The van der Waals surface area contributed by atoms with Crippen molar-refractivity contribution >= 4 is 29.3 Å². The van der Waals surface area contributed by atoms with Crippen molar-refractivity contribution in [1.29, 1.82) is 0 Å². The van der Waals surface area contributed by atoms with Gasteiger partial charge in [-0.1, -0.05) is 18.2 Å². The van der Waals surface area contributed by atoms with Crippen LogP contribution in [-0.2, 0) is 19.1 Å². The summed E-state index contributed by atoms with van der Waals surface area (Å²) in [6.45, 7) is 2.71. The molecule has 1 aromatic heterocycles. The van der Waals surface area contributed by atoms with Crippen LogP contribution >= 0.6 is 0 Å². The van der Waals surface area contributed by atoms with Gasteiger partial charge in [0.1, 0.15) is 17.4 Å². The number of nitrogens with zero attached hydrogens (tertiary/aromatic N) is 5. The Morgan fingerprint density at radius 1 is 1.20 bits per heavy atom. The Morgan fingerprint density at radius 3 is 2.80 bits per heavy atom. The molecule has 3 aliphatic rings. The first-order valence-electron chi connectivity index (χ1n) is 14.0. The van der Waals surface area contributed by atoms with Crippen LogP contribution in [0, 0.1) is 5.82 Å². The first kappa shape index (κ1) is 29.3. The average molecular weight is 612 g/mol. The summed E-state index contributed by atoms with van der Waals surface area (Å²) in [5.41, 5.74) is -0.174. The molecule has 3 aromatic rings. The van der Waals surface area contributed by atoms with Crippen LogP contribution in [0.5, 0.6) is 5.75 Å². The molecule has 0 radical (unpaired) electrons. The van der Waals surface area contributed by atoms with Gasteiger partial charge >= 0.3 is 6.18 Å². The number of hydrogen-bond acceptors (Lipinski definition) is 8. The lowest BCUT2D eigenvalue weighted by Gasteiger charge is -2.31. The summed E-state index contributed by atoms with van der Waals surface area (Å²) in [5, 5.41) is 5.59. The van der Waals surface area contributed by atoms with Gasteiger partial charge in [-0.15, -0.1) is 0 Å². The van der Waals surface area contributed by atoms with Crippen molar-refractivity contribution in [3.63, 3.8) is 0 Å². The fourth-order valence-electron chi connectivity index (χ4n) is 5.85. The standard InChI is InChI=1S/C30H29F4N7O3/c1-40-15-17-5-3-4-16(26(17)28(40)43)10-22-20(30(32,33)34)14-36-29(38-22)39-23-13-21(31)19(12-24(23)44-2)27(42)37-18-6-8-41-9-7-35-25(41)11-18/h3-5,12-14,18H,6-11,15H2,1-2H3,(H,37,42)(H,36,38,39). The SMILES string of the molecule is COc1cc(C(=O)NC2CCN3CCN=C3C2)c(F)cc1Nc1ncc(C(F)(F)F)c(Cc2cccc3c2C(=O)N(C)C3)n1. The van der Waals surface area contributed by atoms with Gasteiger partial charge in [-0.05, 0) is 23.6 Å². The highest BCUT2D eigenvalue weighted by Gasteiger charge is 2.36. The van der Waals surface area contributed by atoms with Crippen LogP contribution in [0.4, 0.5) is 29.2 Å². The Hall–Kier alpha value is -4.75. The molecule has 0 aliphatic carbocycles. The number of amides is 2. The Bertz CT molecular complexity index is 1680. The largest absolute Gasteiger partial charge is 0.495 e. The molecule has 2 N–H and O–H groups in total. The number of carbonyl (C=O) groups excluding carboxylic acids is 2. The summed E-state index contributed by atoms with van der Waals surface area (Å²) < 4.78 is 62.5. The van der Waals surface area contributed by atoms with Crippen LogP contribution in [-0.4, -0.2) is 77.3 Å². The minimum Gasteiger partial charge on any atom is -0.495 e. The fraction of sp³-hybridized carbons (Fsp3) is 0.367. The van der Waals surface area contributed by atoms with Gasteiger partial charge in [0.25, 0.3) is 11.8 Å². The average Bonchev–Trinajstić information content (AvgIpc) is 3.56. The van der Waals surface area contributed by atoms with Gasteiger partial charge in [-0.25, -0.2) is 14.4 Å². The molecule has 6 rings (SSSR count). The van der Waals surface area contributed by atoms with Crippen molar-refractivity contribution in [2.24, 2.45) is 4.99 Å². The second kappa shape index (κ2) is 11.4. The number of amidine groups is 1. The maximum atomic E-state index is 15.3. The van der Waals surface area contributed by atoms with Crippen LogP contribution in [0.2, 0.25) is 0 Å². The van der Waals surface area contributed by atoms with Crippen LogP contribution in [0.15, 0.2) is 41.5 Å². The predicted molar refractivity (Wildman–Crippen MR) is 153 cm³/mol. The van der Waals surface area contributed by atoms with E-state index < -0.39 is 23.5 Å². The molecule has 10 nitrogen and oxygen atoms in total. The molecule has 44 heavy (non-hydrogen) atoms. The van der Waals surface area contributed by atoms with Crippen LogP contribution in [0.1, 0.15) is 55.9 Å². The minimum absolute atomic E-state index is 0.0123. The third-order valence-electron chi connectivity index (χ3n) is 8.06. The number of aromatic nitrogens is 2. The van der Waals surface area contributed by atoms with Gasteiger partial charge < -0.3 is 25.2 Å². The lowest BCUT2D eigenvalue weighted by Crippen LogP contribution is -2.46. The number of anilines is 2. The van der Waals surface area contributed by atoms with Gasteiger partial charge in [0.05, 0.1) is 36.2 Å². The highest BCUT2D eigenvalue weighted by atomic mass is 19.4. The van der Waals surface area contributed by atoms with Crippen molar-refractivity contribution in [2.45, 2.75) is 38.0 Å². The number of ether oxygens (including phenoxy) is 1. The quantitative estimate of drug-likeness (QED) is 0.386. The summed E-state index contributed by atoms with van der Waals surface area (Å²) in [6, 6.07) is 7.07. The number of alkyl halides is 3. The van der Waals surface area contributed by atoms with Gasteiger partial charge in [0.15, 0.2) is 0 Å². The van der Waals surface area contributed by atoms with Gasteiger partial charge in [-0.3, -0.25) is 14.6 Å². The molecule has 4 heterocycles. The topological polar surface area (TPSA) is 112 Å². The van der Waals surface area contributed by atoms with E-state index in [1.54, 1.807) is 25.2 Å². The first-order chi connectivity index (χ1) is 21.0. The number of piperidine rings is 1. The maximum absolute atomic E-state index is 15.3. The zero-order chi connectivity index (χ0) is 31.2. The molecule has 0 bridgehead atoms. The van der Waals surface area contributed by atoms with Crippen molar-refractivity contribution in [1.82, 2.24) is 25.1 Å². The van der Waals surface area contributed by atoms with Crippen LogP contribution in [0.25, 0.3) is 0 Å². The van der Waals surface area contributed by atoms with E-state index in [2.05, 4.69) is 30.5 Å². The van der Waals surface area contributed by atoms with E-state index in [4.69, 9.17) is 4.74 Å². The molecule has 0 spiro atoms. The molecule has 2 amide bonds. The number of carbonyl (C=O) groups is 2. The van der Waals surface area contributed by atoms with Gasteiger partial charge in [0, 0.05) is 63.4 Å². The summed E-state index contributed by atoms with van der Waals surface area (Å²) >= 11 is 0. The van der Waals surface area contributed by atoms with Crippen molar-refractivity contribution in [2.75, 3.05) is 39.1 Å². The Kier molecular flexibility index (Phi) is 7.59. The summed E-state index contributed by atoms with van der Waals surface area (Å²) in [6.07, 6.45) is -3.13. The van der Waals surface area contributed by atoms with Crippen LogP contribution in [0.3, 0.4) is 0 Å². The maximum Gasteiger partial charge on any atom is 0.419 e. The number of fused-ring (bicyclic) bond motifs is 2. The Labute approximate surface area is 250 Å². The minimum atomic E-state index is -4.76. The summed E-state index contributed by atoms with van der Waals surface area (Å²) in [4.78, 5) is 41.8. The highest BCUT2D eigenvalue weighted by Crippen LogP contribution is 2.35. The Balaban J connectivity index is 1.25. The molecule has 14 heteroatoms. The number of rotatable bonds is 7. The third kappa shape index (κ3) is 5.63. The number of methoxy groups -OCH3 is 1. The van der Waals surface area contributed by atoms with E-state index in [0.29, 0.717) is 36.7 Å². The number of hydrogen-bond donors (Lipinski definition) is 2. The molecule has 1 atom stereocenters. The van der Waals surface area contributed by atoms with E-state index in [1.165, 1.54) is 18.1 Å². The highest BCUT2D eigenvalue weighted by molar-refractivity contribution is 5.99. The number of halogens is 4. The molecule has 1 unspecified atom stereocenters. The predicted octanol–water partition coefficient (Wildman–Crippen LogP) is 4.17. The van der Waals surface area contributed by atoms with E-state index in [-0.39, 0.29) is 47.0 Å². The molecule has 3 aliphatic heterocycles. The zero-order valence-electron chi connectivity index (χ0n) is 24.0. The Morgan fingerprint density at radius 2 is 2.02 bits per heavy atom. The molecule has 230 valence electrons. The van der Waals surface area contributed by atoms with Crippen molar-refractivity contribution < 1.29 is 31.9 Å². The third-order valence-corrected chi connectivity index (χ3v) is 8.06. The molecule has 1 saturated heterocycles. The van der Waals surface area contributed by atoms with E-state index in [1.807, 2.05) is 0 Å². The molecule has 1 fully saturated rings. The number of aliphatic imine (C=N–C) groups is 1. The molecular weight excluding hydrogens is 582 g/mol. The molecular formula is C30H29F4N7O3. The lowest BCUT2D eigenvalue weighted by atomic mass is 9.97. The smallest absolute Gasteiger partial charge is 0.419 e. The molecule has 0 saturated carbocycles. The van der Waals surface area contributed by atoms with E-state index in [0.717, 1.165) is 37.1 Å². The van der Waals surface area contributed by atoms with Gasteiger partial charge in [0.2, 0.25) is 5.95 Å². The lowest BCUT2D eigenvalue weighted by molar-refractivity contribution is -0.138. The van der Waals surface area contributed by atoms with Crippen molar-refractivity contribution in [3.05, 3.63) is 75.9 Å². The number of benzene rings is 2. The normalized spacial score (nSPS) is 17.7. The van der Waals surface area contributed by atoms with E-state index in [9.17, 15) is 22.8 Å². The monoisotopic (exact) mass is 611 g/mol. The van der Waals surface area contributed by atoms with Gasteiger partial charge in [-0.2, -0.15) is 13.2 Å². The second-order valence-corrected chi connectivity index (χ2v) is 10.9. The summed E-state index contributed by atoms with van der Waals surface area (Å²) in [7, 11) is 2.94. The summed E-state index contributed by atoms with van der Waals surface area (Å²) in [5.74, 6) is -1.01. The molecule has 2 aromatic carbocycles. The first-order valence-corrected chi connectivity index (χ1v) is 14.0. The van der Waals surface area contributed by atoms with E-state index >= 15 is 4.39 Å². The second-order valence-electron chi connectivity index (χ2n) is 10.9. The fourth-order valence-corrected chi connectivity index (χ4v) is 5.85. The van der Waals surface area contributed by atoms with Crippen molar-refractivity contribution in [3.8, 4) is 5.75 Å².